The molecule has 0 aromatic carbocycles. The number of nitrogens with zero attached hydrogens (tertiary/aromatic N) is 1. The summed E-state index contributed by atoms with van der Waals surface area (Å²) in [6, 6.07) is 8.19. The van der Waals surface area contributed by atoms with Crippen LogP contribution in [0.1, 0.15) is 22.4 Å². The molecule has 2 rings (SSSR count). The molecule has 0 amide bonds. The van der Waals surface area contributed by atoms with Crippen molar-refractivity contribution < 1.29 is 0 Å². The van der Waals surface area contributed by atoms with Gasteiger partial charge in [-0.15, -0.1) is 0 Å². The first-order valence-electron chi connectivity index (χ1n) is 4.56. The van der Waals surface area contributed by atoms with Crippen LogP contribution in [0, 0.1) is 13.8 Å². The normalized spacial score (nSPS) is 11.5. The van der Waals surface area contributed by atoms with Gasteiger partial charge in [0, 0.05) is 18.3 Å². The van der Waals surface area contributed by atoms with E-state index in [0.29, 0.717) is 0 Å². The van der Waals surface area contributed by atoms with Crippen molar-refractivity contribution in [2.24, 2.45) is 0 Å². The molecule has 0 unspecified atom stereocenters. The third kappa shape index (κ3) is 1.69. The van der Waals surface area contributed by atoms with Crippen LogP contribution in [0.2, 0.25) is 0 Å². The van der Waals surface area contributed by atoms with Crippen molar-refractivity contribution in [2.45, 2.75) is 20.3 Å². The monoisotopic (exact) mass is 171 g/mol. The zero-order valence-corrected chi connectivity index (χ0v) is 8.04. The van der Waals surface area contributed by atoms with Gasteiger partial charge in [0.1, 0.15) is 0 Å². The molecule has 0 radical (unpaired) electrons. The van der Waals surface area contributed by atoms with Crippen LogP contribution < -0.4 is 0 Å². The number of aromatic nitrogens is 1. The van der Waals surface area contributed by atoms with E-state index in [-0.39, 0.29) is 0 Å². The van der Waals surface area contributed by atoms with E-state index in [0.717, 1.165) is 12.1 Å². The Bertz CT molecular complexity index is 355. The van der Waals surface area contributed by atoms with E-state index in [2.05, 4.69) is 31.0 Å². The van der Waals surface area contributed by atoms with E-state index in [4.69, 9.17) is 0 Å². The SMILES string of the molecule is Cc1cccccnc(C)c2c1C2. The summed E-state index contributed by atoms with van der Waals surface area (Å²) in [5, 5.41) is 0. The van der Waals surface area contributed by atoms with Crippen molar-refractivity contribution in [1.29, 1.82) is 0 Å². The van der Waals surface area contributed by atoms with Gasteiger partial charge < -0.3 is 0 Å². The maximum atomic E-state index is 4.34. The Morgan fingerprint density at radius 1 is 1.08 bits per heavy atom. The number of hydrogen-bond acceptors (Lipinski definition) is 1. The molecule has 0 saturated carbocycles. The summed E-state index contributed by atoms with van der Waals surface area (Å²) in [4.78, 5) is 4.34. The number of rotatable bonds is 0. The summed E-state index contributed by atoms with van der Waals surface area (Å²) in [5.41, 5.74) is 5.43. The van der Waals surface area contributed by atoms with E-state index in [1.54, 1.807) is 0 Å². The lowest BCUT2D eigenvalue weighted by atomic mass is 10.3. The summed E-state index contributed by atoms with van der Waals surface area (Å²) in [5.74, 6) is 0. The number of fused-ring (bicyclic) bond motifs is 1. The molecule has 1 nitrogen and oxygen atoms in total. The molecule has 0 N–H and O–H groups in total. The maximum Gasteiger partial charge on any atom is 0.0410 e. The first kappa shape index (κ1) is 8.24. The highest BCUT2D eigenvalue weighted by Crippen LogP contribution is 2.30. The zero-order chi connectivity index (χ0) is 9.26. The molecular weight excluding hydrogens is 158 g/mol. The largest absolute Gasteiger partial charge is 0.261 e. The summed E-state index contributed by atoms with van der Waals surface area (Å²) >= 11 is 0. The first-order chi connectivity index (χ1) is 6.29. The van der Waals surface area contributed by atoms with Gasteiger partial charge in [0.15, 0.2) is 0 Å². The average molecular weight is 171 g/mol. The lowest BCUT2D eigenvalue weighted by molar-refractivity contribution is 1.20. The van der Waals surface area contributed by atoms with Crippen molar-refractivity contribution in [2.75, 3.05) is 0 Å². The molecule has 1 aliphatic rings. The molecule has 0 bridgehead atoms. The van der Waals surface area contributed by atoms with E-state index in [1.165, 1.54) is 16.7 Å². The molecule has 1 aromatic heterocycles. The van der Waals surface area contributed by atoms with Gasteiger partial charge in [-0.05, 0) is 36.6 Å². The van der Waals surface area contributed by atoms with Gasteiger partial charge in [-0.2, -0.15) is 0 Å². The highest BCUT2D eigenvalue weighted by Gasteiger charge is 2.19. The van der Waals surface area contributed by atoms with Gasteiger partial charge in [0.25, 0.3) is 0 Å². The lowest BCUT2D eigenvalue weighted by Gasteiger charge is -1.84. The standard InChI is InChI=1S/C12H13N/c1-9-6-4-3-5-7-13-10(2)12-8-11(9)12/h3-7H,8H2,1-2H3. The Morgan fingerprint density at radius 3 is 2.77 bits per heavy atom. The topological polar surface area (TPSA) is 12.9 Å². The van der Waals surface area contributed by atoms with Crippen molar-refractivity contribution in [3.05, 3.63) is 52.8 Å². The fourth-order valence-corrected chi connectivity index (χ4v) is 1.50. The first-order valence-corrected chi connectivity index (χ1v) is 4.56. The van der Waals surface area contributed by atoms with Gasteiger partial charge in [-0.25, -0.2) is 0 Å². The zero-order valence-electron chi connectivity index (χ0n) is 8.04. The number of aryl methyl sites for hydroxylation is 2. The molecule has 1 heteroatoms. The Kier molecular flexibility index (Phi) is 2.01. The van der Waals surface area contributed by atoms with Crippen molar-refractivity contribution in [3.8, 4) is 0 Å². The highest BCUT2D eigenvalue weighted by atomic mass is 14.7. The summed E-state index contributed by atoms with van der Waals surface area (Å²) in [6.07, 6.45) is 2.97. The van der Waals surface area contributed by atoms with Crippen LogP contribution in [0.5, 0.6) is 0 Å². The molecule has 1 aliphatic carbocycles. The Balaban J connectivity index is 2.65. The highest BCUT2D eigenvalue weighted by molar-refractivity contribution is 5.49. The van der Waals surface area contributed by atoms with Crippen LogP contribution in [0.15, 0.2) is 30.5 Å². The van der Waals surface area contributed by atoms with Gasteiger partial charge in [-0.3, -0.25) is 4.98 Å². The molecule has 1 aromatic rings. The van der Waals surface area contributed by atoms with E-state index in [1.807, 2.05) is 18.3 Å². The Labute approximate surface area is 78.8 Å². The fraction of sp³-hybridized carbons (Fsp3) is 0.250. The van der Waals surface area contributed by atoms with Crippen LogP contribution >= 0.6 is 0 Å². The van der Waals surface area contributed by atoms with Crippen LogP contribution in [-0.4, -0.2) is 4.98 Å². The predicted molar refractivity (Wildman–Crippen MR) is 54.1 cm³/mol. The van der Waals surface area contributed by atoms with E-state index < -0.39 is 0 Å². The van der Waals surface area contributed by atoms with Crippen molar-refractivity contribution >= 4 is 0 Å². The molecule has 0 aliphatic heterocycles. The van der Waals surface area contributed by atoms with Crippen LogP contribution in [0.25, 0.3) is 0 Å². The molecule has 0 atom stereocenters. The molecule has 0 saturated heterocycles. The van der Waals surface area contributed by atoms with Gasteiger partial charge >= 0.3 is 0 Å². The molecule has 1 heterocycles. The molecular formula is C12H13N. The van der Waals surface area contributed by atoms with Gasteiger partial charge in [-0.1, -0.05) is 18.2 Å². The van der Waals surface area contributed by atoms with Crippen LogP contribution in [-0.2, 0) is 6.42 Å². The van der Waals surface area contributed by atoms with Gasteiger partial charge in [0.2, 0.25) is 0 Å². The summed E-state index contributed by atoms with van der Waals surface area (Å²) in [6.45, 7) is 4.23. The second-order valence-corrected chi connectivity index (χ2v) is 3.42. The Morgan fingerprint density at radius 2 is 1.92 bits per heavy atom. The minimum atomic E-state index is 1.12. The average Bonchev–Trinajstić information content (AvgIpc) is 2.88. The second kappa shape index (κ2) is 3.17. The minimum absolute atomic E-state index is 1.12. The third-order valence-corrected chi connectivity index (χ3v) is 2.43. The quantitative estimate of drug-likeness (QED) is 0.594. The molecule has 0 spiro atoms. The summed E-state index contributed by atoms with van der Waals surface area (Å²) < 4.78 is 0. The minimum Gasteiger partial charge on any atom is -0.261 e. The summed E-state index contributed by atoms with van der Waals surface area (Å²) in [7, 11) is 0. The van der Waals surface area contributed by atoms with E-state index in [9.17, 15) is 0 Å². The molecule has 0 fully saturated rings. The number of hydrogen-bond donors (Lipinski definition) is 0. The van der Waals surface area contributed by atoms with Crippen LogP contribution in [0.4, 0.5) is 0 Å². The molecule has 66 valence electrons. The lowest BCUT2D eigenvalue weighted by Crippen LogP contribution is -1.73. The fourth-order valence-electron chi connectivity index (χ4n) is 1.50. The smallest absolute Gasteiger partial charge is 0.0410 e. The predicted octanol–water partition coefficient (Wildman–Crippen LogP) is 2.73. The van der Waals surface area contributed by atoms with Crippen LogP contribution in [0.3, 0.4) is 0 Å². The Hall–Kier alpha value is -1.37. The molecule has 13 heavy (non-hydrogen) atoms. The van der Waals surface area contributed by atoms with E-state index >= 15 is 0 Å². The second-order valence-electron chi connectivity index (χ2n) is 3.42. The van der Waals surface area contributed by atoms with Crippen molar-refractivity contribution in [3.63, 3.8) is 0 Å². The third-order valence-electron chi connectivity index (χ3n) is 2.43. The maximum absolute atomic E-state index is 4.34. The van der Waals surface area contributed by atoms with Gasteiger partial charge in [0.05, 0.1) is 0 Å². The van der Waals surface area contributed by atoms with Crippen molar-refractivity contribution in [1.82, 2.24) is 4.98 Å².